The van der Waals surface area contributed by atoms with E-state index in [4.69, 9.17) is 4.99 Å². The van der Waals surface area contributed by atoms with E-state index in [1.54, 1.807) is 11.0 Å². The van der Waals surface area contributed by atoms with Crippen LogP contribution >= 0.6 is 0 Å². The largest absolute Gasteiger partial charge is 0.477 e. The summed E-state index contributed by atoms with van der Waals surface area (Å²) in [5.74, 6) is -1.42. The van der Waals surface area contributed by atoms with E-state index in [1.807, 2.05) is 13.0 Å². The molecule has 2 aromatic rings. The van der Waals surface area contributed by atoms with Crippen molar-refractivity contribution >= 4 is 23.3 Å². The van der Waals surface area contributed by atoms with Crippen molar-refractivity contribution in [3.8, 4) is 0 Å². The van der Waals surface area contributed by atoms with Crippen molar-refractivity contribution in [1.29, 1.82) is 0 Å². The van der Waals surface area contributed by atoms with E-state index in [9.17, 15) is 23.5 Å². The van der Waals surface area contributed by atoms with Crippen LogP contribution < -0.4 is 0 Å². The lowest BCUT2D eigenvalue weighted by Crippen LogP contribution is -2.63. The van der Waals surface area contributed by atoms with E-state index in [0.29, 0.717) is 47.8 Å². The van der Waals surface area contributed by atoms with Crippen molar-refractivity contribution in [2.45, 2.75) is 59.9 Å². The minimum Gasteiger partial charge on any atom is -0.477 e. The summed E-state index contributed by atoms with van der Waals surface area (Å²) in [5, 5.41) is 9.34. The lowest BCUT2D eigenvalue weighted by atomic mass is 9.72. The van der Waals surface area contributed by atoms with Gasteiger partial charge >= 0.3 is 5.97 Å². The number of carbonyl (C=O) groups excluding carboxylic acids is 1. The van der Waals surface area contributed by atoms with Gasteiger partial charge in [-0.15, -0.1) is 0 Å². The summed E-state index contributed by atoms with van der Waals surface area (Å²) in [6.07, 6.45) is 7.61. The Morgan fingerprint density at radius 2 is 1.90 bits per heavy atom. The summed E-state index contributed by atoms with van der Waals surface area (Å²) in [5.41, 5.74) is 1.88. The maximum Gasteiger partial charge on any atom is 0.354 e. The Morgan fingerprint density at radius 1 is 1.14 bits per heavy atom. The zero-order valence-electron chi connectivity index (χ0n) is 24.8. The molecule has 0 aliphatic carbocycles. The number of nitrogens with zero attached hydrogens (tertiary/aromatic N) is 4. The number of benzene rings is 1. The molecule has 4 atom stereocenters. The molecular formula is C33H38F2N4O3. The van der Waals surface area contributed by atoms with Crippen molar-refractivity contribution in [3.05, 3.63) is 83.0 Å². The lowest BCUT2D eigenvalue weighted by molar-refractivity contribution is -0.126. The van der Waals surface area contributed by atoms with Crippen LogP contribution in [-0.4, -0.2) is 56.6 Å². The molecule has 9 heteroatoms. The Balaban J connectivity index is 1.61. The first kappa shape index (κ1) is 29.6. The predicted molar refractivity (Wildman–Crippen MR) is 157 cm³/mol. The Morgan fingerprint density at radius 3 is 2.52 bits per heavy atom. The maximum atomic E-state index is 14.6. The van der Waals surface area contributed by atoms with E-state index in [1.165, 1.54) is 24.4 Å². The van der Waals surface area contributed by atoms with Crippen molar-refractivity contribution < 1.29 is 23.5 Å². The molecule has 0 saturated carbocycles. The van der Waals surface area contributed by atoms with Gasteiger partial charge in [0.2, 0.25) is 0 Å². The number of amides is 1. The van der Waals surface area contributed by atoms with Gasteiger partial charge in [0.15, 0.2) is 0 Å². The number of allylic oxidation sites excluding steroid dienone is 2. The molecule has 1 aromatic carbocycles. The first-order chi connectivity index (χ1) is 19.9. The first-order valence-corrected chi connectivity index (χ1v) is 14.7. The number of aryl methyl sites for hydroxylation is 1. The molecular weight excluding hydrogens is 538 g/mol. The zero-order chi connectivity index (χ0) is 30.3. The molecule has 4 unspecified atom stereocenters. The van der Waals surface area contributed by atoms with E-state index in [-0.39, 0.29) is 34.9 Å². The number of aromatic nitrogens is 1. The predicted octanol–water partition coefficient (Wildman–Crippen LogP) is 6.18. The standard InChI is InChI=1S/C33H38F2N4O3/c1-6-23-15-28-38(7-2)31(40)29-30(39(28)18-33(23,4)5)19(3)21(9-8-20-10-12-24(34)16-25(20)35)14-27(37-29)22-11-13-26(32(41)42)36-17-22/h10-17,19,21,23,30H,6-9,18H2,1-5H3,(H,41,42). The van der Waals surface area contributed by atoms with Crippen molar-refractivity contribution in [2.75, 3.05) is 13.1 Å². The second-order valence-corrected chi connectivity index (χ2v) is 12.2. The van der Waals surface area contributed by atoms with Gasteiger partial charge in [-0.25, -0.2) is 23.6 Å². The van der Waals surface area contributed by atoms with Crippen LogP contribution in [0.4, 0.5) is 8.78 Å². The van der Waals surface area contributed by atoms with Gasteiger partial charge in [-0.1, -0.05) is 39.8 Å². The third kappa shape index (κ3) is 5.37. The highest BCUT2D eigenvalue weighted by molar-refractivity contribution is 6.42. The number of fused-ring (bicyclic) bond motifs is 3. The third-order valence-electron chi connectivity index (χ3n) is 9.17. The van der Waals surface area contributed by atoms with Crippen molar-refractivity contribution in [3.63, 3.8) is 0 Å². The number of pyridine rings is 1. The number of carboxylic acid groups (broad SMARTS) is 1. The molecule has 0 bridgehead atoms. The summed E-state index contributed by atoms with van der Waals surface area (Å²) in [4.78, 5) is 38.7. The third-order valence-corrected chi connectivity index (χ3v) is 9.17. The SMILES string of the molecule is CCC1C=C2N(CC)C(=O)C3=NC(c4ccc(C(=O)O)nc4)=CC(CCc4ccc(F)cc4F)C(C)C3N2CC1(C)C. The molecule has 42 heavy (non-hydrogen) atoms. The number of halogens is 2. The van der Waals surface area contributed by atoms with Crippen LogP contribution in [0.15, 0.2) is 59.5 Å². The molecule has 222 valence electrons. The van der Waals surface area contributed by atoms with Crippen molar-refractivity contribution in [1.82, 2.24) is 14.8 Å². The Hall–Kier alpha value is -3.88. The van der Waals surface area contributed by atoms with Gasteiger partial charge in [-0.2, -0.15) is 0 Å². The molecule has 1 aromatic heterocycles. The fraction of sp³-hybridized carbons (Fsp3) is 0.455. The van der Waals surface area contributed by atoms with Gasteiger partial charge in [-0.05, 0) is 79.2 Å². The van der Waals surface area contributed by atoms with Crippen LogP contribution in [0.2, 0.25) is 0 Å². The van der Waals surface area contributed by atoms with E-state index in [2.05, 4.69) is 43.7 Å². The molecule has 1 N–H and O–H groups in total. The molecule has 7 nitrogen and oxygen atoms in total. The average molecular weight is 577 g/mol. The van der Waals surface area contributed by atoms with Gasteiger partial charge in [0.25, 0.3) is 5.91 Å². The van der Waals surface area contributed by atoms with Crippen LogP contribution in [0.1, 0.15) is 69.1 Å². The smallest absolute Gasteiger partial charge is 0.354 e. The van der Waals surface area contributed by atoms with Crippen LogP contribution in [0.25, 0.3) is 5.70 Å². The highest BCUT2D eigenvalue weighted by atomic mass is 19.1. The molecule has 1 saturated heterocycles. The van der Waals surface area contributed by atoms with Gasteiger partial charge in [0.1, 0.15) is 28.9 Å². The average Bonchev–Trinajstić information content (AvgIpc) is 3.09. The second-order valence-electron chi connectivity index (χ2n) is 12.2. The fourth-order valence-electron chi connectivity index (χ4n) is 6.74. The highest BCUT2D eigenvalue weighted by Crippen LogP contribution is 2.45. The van der Waals surface area contributed by atoms with E-state index >= 15 is 0 Å². The normalized spacial score (nSPS) is 25.1. The van der Waals surface area contributed by atoms with Gasteiger partial charge in [-0.3, -0.25) is 9.69 Å². The summed E-state index contributed by atoms with van der Waals surface area (Å²) in [7, 11) is 0. The molecule has 1 amide bonds. The number of aromatic carboxylic acids is 1. The van der Waals surface area contributed by atoms with Gasteiger partial charge < -0.3 is 10.0 Å². The minimum atomic E-state index is -1.13. The maximum absolute atomic E-state index is 14.6. The van der Waals surface area contributed by atoms with Gasteiger partial charge in [0.05, 0.1) is 11.7 Å². The molecule has 4 heterocycles. The number of hydrogen-bond donors (Lipinski definition) is 1. The molecule has 0 radical (unpaired) electrons. The van der Waals surface area contributed by atoms with Crippen LogP contribution in [-0.2, 0) is 11.2 Å². The number of carboxylic acids is 1. The number of carbonyl (C=O) groups is 2. The molecule has 3 aliphatic rings. The molecule has 5 rings (SSSR count). The van der Waals surface area contributed by atoms with E-state index < -0.39 is 17.6 Å². The lowest BCUT2D eigenvalue weighted by Gasteiger charge is -2.54. The Bertz CT molecular complexity index is 1480. The van der Waals surface area contributed by atoms with Crippen LogP contribution in [0, 0.1) is 34.8 Å². The monoisotopic (exact) mass is 576 g/mol. The molecule has 3 aliphatic heterocycles. The first-order valence-electron chi connectivity index (χ1n) is 14.7. The number of rotatable bonds is 7. The quantitative estimate of drug-likeness (QED) is 0.426. The van der Waals surface area contributed by atoms with Crippen LogP contribution in [0.3, 0.4) is 0 Å². The zero-order valence-corrected chi connectivity index (χ0v) is 24.8. The van der Waals surface area contributed by atoms with Gasteiger partial charge in [0, 0.05) is 30.9 Å². The molecule has 0 spiro atoms. The number of hydrogen-bond acceptors (Lipinski definition) is 5. The topological polar surface area (TPSA) is 86.1 Å². The highest BCUT2D eigenvalue weighted by Gasteiger charge is 2.50. The fourth-order valence-corrected chi connectivity index (χ4v) is 6.74. The summed E-state index contributed by atoms with van der Waals surface area (Å²) >= 11 is 0. The van der Waals surface area contributed by atoms with E-state index in [0.717, 1.165) is 24.9 Å². The molecule has 1 fully saturated rings. The summed E-state index contributed by atoms with van der Waals surface area (Å²) in [6.45, 7) is 12.0. The minimum absolute atomic E-state index is 0.0330. The Labute approximate surface area is 245 Å². The van der Waals surface area contributed by atoms with Crippen molar-refractivity contribution in [2.24, 2.45) is 28.2 Å². The van der Waals surface area contributed by atoms with Crippen LogP contribution in [0.5, 0.6) is 0 Å². The second kappa shape index (κ2) is 11.4. The number of aliphatic imine (C=N–C) groups is 1. The summed E-state index contributed by atoms with van der Waals surface area (Å²) < 4.78 is 28.2. The Kier molecular flexibility index (Phi) is 8.05. The summed E-state index contributed by atoms with van der Waals surface area (Å²) in [6, 6.07) is 6.42.